The molecule has 0 heterocycles. The molecule has 5 nitrogen and oxygen atoms in total. The highest BCUT2D eigenvalue weighted by Crippen LogP contribution is 2.16. The van der Waals surface area contributed by atoms with E-state index < -0.39 is 0 Å². The van der Waals surface area contributed by atoms with Gasteiger partial charge in [0.25, 0.3) is 0 Å². The summed E-state index contributed by atoms with van der Waals surface area (Å²) in [6.45, 7) is 4.72. The predicted octanol–water partition coefficient (Wildman–Crippen LogP) is 4.19. The molecule has 2 rings (SSSR count). The molecule has 2 aromatic carbocycles. The fraction of sp³-hybridized carbons (Fsp3) is 0.263. The molecule has 0 aromatic heterocycles. The predicted molar refractivity (Wildman–Crippen MR) is 107 cm³/mol. The summed E-state index contributed by atoms with van der Waals surface area (Å²) in [5.74, 6) is 1.62. The van der Waals surface area contributed by atoms with Crippen molar-refractivity contribution in [3.05, 3.63) is 54.1 Å². The van der Waals surface area contributed by atoms with Crippen LogP contribution in [0, 0.1) is 0 Å². The molecule has 0 spiro atoms. The molecule has 0 aliphatic heterocycles. The molecule has 0 saturated carbocycles. The Hall–Kier alpha value is -2.60. The summed E-state index contributed by atoms with van der Waals surface area (Å²) in [6, 6.07) is 15.4. The quantitative estimate of drug-likeness (QED) is 0.442. The van der Waals surface area contributed by atoms with Crippen molar-refractivity contribution in [1.82, 2.24) is 5.43 Å². The minimum absolute atomic E-state index is 0.413. The summed E-state index contributed by atoms with van der Waals surface area (Å²) in [5.41, 5.74) is 5.52. The minimum Gasteiger partial charge on any atom is -0.497 e. The van der Waals surface area contributed by atoms with Gasteiger partial charge >= 0.3 is 0 Å². The largest absolute Gasteiger partial charge is 0.497 e. The molecule has 2 N–H and O–H groups in total. The van der Waals surface area contributed by atoms with Gasteiger partial charge in [-0.3, -0.25) is 5.43 Å². The molecule has 0 fully saturated rings. The van der Waals surface area contributed by atoms with Crippen LogP contribution in [-0.2, 0) is 0 Å². The van der Waals surface area contributed by atoms with Gasteiger partial charge in [-0.1, -0.05) is 13.0 Å². The number of ether oxygens (including phenoxy) is 2. The van der Waals surface area contributed by atoms with Gasteiger partial charge in [0.15, 0.2) is 5.11 Å². The Kier molecular flexibility index (Phi) is 7.22. The maximum absolute atomic E-state index is 5.58. The van der Waals surface area contributed by atoms with Gasteiger partial charge < -0.3 is 14.8 Å². The highest BCUT2D eigenvalue weighted by atomic mass is 32.1. The van der Waals surface area contributed by atoms with Gasteiger partial charge in [0.05, 0.1) is 19.4 Å². The van der Waals surface area contributed by atoms with Gasteiger partial charge in [-0.05, 0) is 67.5 Å². The number of thiocarbonyl (C=S) groups is 1. The molecule has 132 valence electrons. The molecule has 0 aliphatic carbocycles. The standard InChI is InChI=1S/C19H23N3O2S/c1-4-12-24-17-10-8-15(9-11-17)14(2)21-22-19(25)20-16-6-5-7-18(13-16)23-3/h5-11,13H,4,12H2,1-3H3,(H2,20,22,25)/b21-14-. The topological polar surface area (TPSA) is 54.9 Å². The molecular formula is C19H23N3O2S. The van der Waals surface area contributed by atoms with Gasteiger partial charge in [-0.15, -0.1) is 0 Å². The first kappa shape index (κ1) is 18.7. The average Bonchev–Trinajstić information content (AvgIpc) is 2.65. The first-order valence-electron chi connectivity index (χ1n) is 8.11. The van der Waals surface area contributed by atoms with Crippen molar-refractivity contribution in [2.75, 3.05) is 19.0 Å². The first-order valence-corrected chi connectivity index (χ1v) is 8.51. The summed E-state index contributed by atoms with van der Waals surface area (Å²) in [6.07, 6.45) is 0.990. The summed E-state index contributed by atoms with van der Waals surface area (Å²) < 4.78 is 10.8. The van der Waals surface area contributed by atoms with Gasteiger partial charge in [-0.2, -0.15) is 5.10 Å². The molecule has 0 amide bonds. The summed E-state index contributed by atoms with van der Waals surface area (Å²) in [7, 11) is 1.63. The third-order valence-electron chi connectivity index (χ3n) is 3.40. The maximum Gasteiger partial charge on any atom is 0.191 e. The first-order chi connectivity index (χ1) is 12.1. The number of nitrogens with one attached hydrogen (secondary N) is 2. The molecule has 0 atom stereocenters. The number of rotatable bonds is 7. The lowest BCUT2D eigenvalue weighted by Crippen LogP contribution is -2.24. The summed E-state index contributed by atoms with van der Waals surface area (Å²) >= 11 is 5.26. The van der Waals surface area contributed by atoms with Crippen molar-refractivity contribution in [2.24, 2.45) is 5.10 Å². The van der Waals surface area contributed by atoms with Crippen LogP contribution in [0.1, 0.15) is 25.8 Å². The van der Waals surface area contributed by atoms with Gasteiger partial charge in [-0.25, -0.2) is 0 Å². The van der Waals surface area contributed by atoms with Crippen molar-refractivity contribution >= 4 is 28.7 Å². The number of hydrogen-bond acceptors (Lipinski definition) is 4. The molecule has 0 saturated heterocycles. The van der Waals surface area contributed by atoms with Gasteiger partial charge in [0, 0.05) is 11.8 Å². The molecule has 25 heavy (non-hydrogen) atoms. The van der Waals surface area contributed by atoms with E-state index >= 15 is 0 Å². The third kappa shape index (κ3) is 6.08. The fourth-order valence-corrected chi connectivity index (χ4v) is 2.23. The smallest absolute Gasteiger partial charge is 0.191 e. The van der Waals surface area contributed by atoms with Crippen molar-refractivity contribution < 1.29 is 9.47 Å². The Bertz CT molecular complexity index is 730. The number of nitrogens with zero attached hydrogens (tertiary/aromatic N) is 1. The van der Waals surface area contributed by atoms with E-state index in [2.05, 4.69) is 22.8 Å². The highest BCUT2D eigenvalue weighted by molar-refractivity contribution is 7.80. The second kappa shape index (κ2) is 9.64. The Morgan fingerprint density at radius 1 is 1.12 bits per heavy atom. The highest BCUT2D eigenvalue weighted by Gasteiger charge is 2.01. The van der Waals surface area contributed by atoms with E-state index in [-0.39, 0.29) is 0 Å². The van der Waals surface area contributed by atoms with Gasteiger partial charge in [0.1, 0.15) is 11.5 Å². The van der Waals surface area contributed by atoms with E-state index in [1.165, 1.54) is 0 Å². The van der Waals surface area contributed by atoms with E-state index in [0.29, 0.717) is 5.11 Å². The van der Waals surface area contributed by atoms with E-state index in [0.717, 1.165) is 41.5 Å². The normalized spacial score (nSPS) is 10.9. The summed E-state index contributed by atoms with van der Waals surface area (Å²) in [4.78, 5) is 0. The molecule has 6 heteroatoms. The lowest BCUT2D eigenvalue weighted by Gasteiger charge is -2.09. The van der Waals surface area contributed by atoms with Crippen LogP contribution in [0.2, 0.25) is 0 Å². The Morgan fingerprint density at radius 3 is 2.56 bits per heavy atom. The molecule has 0 bridgehead atoms. The molecule has 2 aromatic rings. The van der Waals surface area contributed by atoms with Crippen LogP contribution in [0.4, 0.5) is 5.69 Å². The van der Waals surface area contributed by atoms with Crippen LogP contribution in [0.25, 0.3) is 0 Å². The number of benzene rings is 2. The second-order valence-electron chi connectivity index (χ2n) is 5.37. The third-order valence-corrected chi connectivity index (χ3v) is 3.59. The molecule has 0 aliphatic rings. The lowest BCUT2D eigenvalue weighted by molar-refractivity contribution is 0.317. The fourth-order valence-electron chi connectivity index (χ4n) is 2.07. The lowest BCUT2D eigenvalue weighted by atomic mass is 10.1. The zero-order valence-electron chi connectivity index (χ0n) is 14.7. The van der Waals surface area contributed by atoms with Crippen LogP contribution in [0.3, 0.4) is 0 Å². The number of methoxy groups -OCH3 is 1. The SMILES string of the molecule is CCCOc1ccc(/C(C)=N\NC(=S)Nc2cccc(OC)c2)cc1. The monoisotopic (exact) mass is 357 g/mol. The molecular weight excluding hydrogens is 334 g/mol. The minimum atomic E-state index is 0.413. The summed E-state index contributed by atoms with van der Waals surface area (Å²) in [5, 5.41) is 7.80. The van der Waals surface area contributed by atoms with E-state index in [1.807, 2.05) is 55.5 Å². The number of hydrazone groups is 1. The van der Waals surface area contributed by atoms with Crippen molar-refractivity contribution in [3.8, 4) is 11.5 Å². The van der Waals surface area contributed by atoms with Gasteiger partial charge in [0.2, 0.25) is 0 Å². The zero-order chi connectivity index (χ0) is 18.1. The van der Waals surface area contributed by atoms with Crippen LogP contribution in [0.15, 0.2) is 53.6 Å². The van der Waals surface area contributed by atoms with Crippen molar-refractivity contribution in [2.45, 2.75) is 20.3 Å². The number of anilines is 1. The van der Waals surface area contributed by atoms with Crippen LogP contribution >= 0.6 is 12.2 Å². The number of hydrogen-bond donors (Lipinski definition) is 2. The molecule has 0 unspecified atom stereocenters. The Labute approximate surface area is 154 Å². The molecule has 0 radical (unpaired) electrons. The van der Waals surface area contributed by atoms with Crippen LogP contribution in [0.5, 0.6) is 11.5 Å². The Balaban J connectivity index is 1.92. The van der Waals surface area contributed by atoms with E-state index in [4.69, 9.17) is 21.7 Å². The van der Waals surface area contributed by atoms with E-state index in [9.17, 15) is 0 Å². The Morgan fingerprint density at radius 2 is 1.88 bits per heavy atom. The van der Waals surface area contributed by atoms with Crippen molar-refractivity contribution in [1.29, 1.82) is 0 Å². The van der Waals surface area contributed by atoms with Crippen LogP contribution in [-0.4, -0.2) is 24.5 Å². The maximum atomic E-state index is 5.58. The van der Waals surface area contributed by atoms with E-state index in [1.54, 1.807) is 7.11 Å². The van der Waals surface area contributed by atoms with Crippen LogP contribution < -0.4 is 20.2 Å². The second-order valence-corrected chi connectivity index (χ2v) is 5.78. The van der Waals surface area contributed by atoms with Crippen molar-refractivity contribution in [3.63, 3.8) is 0 Å². The zero-order valence-corrected chi connectivity index (χ0v) is 15.5. The average molecular weight is 357 g/mol.